The summed E-state index contributed by atoms with van der Waals surface area (Å²) in [5.74, 6) is -0.864. The molecule has 5 N–H and O–H groups in total. The molecule has 2 rings (SSSR count). The van der Waals surface area contributed by atoms with Gasteiger partial charge in [-0.25, -0.2) is 0 Å². The van der Waals surface area contributed by atoms with Crippen LogP contribution in [0.25, 0.3) is 0 Å². The Balaban J connectivity index is 1.92. The summed E-state index contributed by atoms with van der Waals surface area (Å²) in [4.78, 5) is 11.3. The van der Waals surface area contributed by atoms with Gasteiger partial charge in [-0.1, -0.05) is 18.2 Å². The van der Waals surface area contributed by atoms with Crippen molar-refractivity contribution in [2.75, 3.05) is 6.54 Å². The molecule has 1 atom stereocenters. The summed E-state index contributed by atoms with van der Waals surface area (Å²) in [7, 11) is 0. The van der Waals surface area contributed by atoms with Gasteiger partial charge in [0.05, 0.1) is 0 Å². The van der Waals surface area contributed by atoms with Crippen LogP contribution in [-0.4, -0.2) is 39.0 Å². The average Bonchev–Trinajstić information content (AvgIpc) is 2.50. The van der Waals surface area contributed by atoms with Gasteiger partial charge >= 0.3 is 5.97 Å². The lowest BCUT2D eigenvalue weighted by Gasteiger charge is -2.15. The minimum Gasteiger partial charge on any atom is -0.508 e. The van der Waals surface area contributed by atoms with Gasteiger partial charge in [-0.15, -0.1) is 0 Å². The van der Waals surface area contributed by atoms with E-state index in [1.807, 2.05) is 0 Å². The number of aromatic hydroxyl groups is 3. The number of nitrogens with one attached hydrogen (secondary N) is 1. The number of hydrogen-bond acceptors (Lipinski definition) is 5. The van der Waals surface area contributed by atoms with E-state index in [1.54, 1.807) is 18.2 Å². The monoisotopic (exact) mass is 317 g/mol. The molecular formula is C17H19NO5. The lowest BCUT2D eigenvalue weighted by Crippen LogP contribution is -2.39. The highest BCUT2D eigenvalue weighted by atomic mass is 16.4. The van der Waals surface area contributed by atoms with E-state index >= 15 is 0 Å². The maximum atomic E-state index is 11.3. The standard InChI is InChI=1S/C17H19NO5/c19-13-4-1-11(2-5-13)9-15(17(22)23)18-8-7-12-3-6-14(20)10-16(12)21/h1-6,10,15,18-21H,7-9H2,(H,22,23)/t15-/m0/s1. The lowest BCUT2D eigenvalue weighted by atomic mass is 10.1. The number of phenolic OH excluding ortho intramolecular Hbond substituents is 3. The molecule has 6 nitrogen and oxygen atoms in total. The second-order valence-electron chi connectivity index (χ2n) is 5.28. The molecule has 23 heavy (non-hydrogen) atoms. The number of hydrogen-bond donors (Lipinski definition) is 5. The number of aliphatic carboxylic acids is 1. The first-order chi connectivity index (χ1) is 11.0. The van der Waals surface area contributed by atoms with Crippen LogP contribution in [0.5, 0.6) is 17.2 Å². The molecule has 6 heteroatoms. The number of rotatable bonds is 7. The first-order valence-corrected chi connectivity index (χ1v) is 7.20. The fourth-order valence-electron chi connectivity index (χ4n) is 2.26. The molecule has 0 fully saturated rings. The summed E-state index contributed by atoms with van der Waals surface area (Å²) in [6.07, 6.45) is 0.725. The predicted octanol–water partition coefficient (Wildman–Crippen LogP) is 1.63. The maximum Gasteiger partial charge on any atom is 0.321 e. The third-order valence-corrected chi connectivity index (χ3v) is 3.53. The fourth-order valence-corrected chi connectivity index (χ4v) is 2.26. The van der Waals surface area contributed by atoms with E-state index < -0.39 is 12.0 Å². The normalized spacial score (nSPS) is 12.0. The number of carboxylic acids is 1. The Morgan fingerprint density at radius 1 is 1.00 bits per heavy atom. The van der Waals surface area contributed by atoms with Crippen molar-refractivity contribution < 1.29 is 25.2 Å². The minimum atomic E-state index is -0.965. The van der Waals surface area contributed by atoms with E-state index in [4.69, 9.17) is 0 Å². The molecule has 0 aromatic heterocycles. The molecule has 0 heterocycles. The molecule has 0 radical (unpaired) electrons. The molecule has 2 aromatic carbocycles. The summed E-state index contributed by atoms with van der Waals surface area (Å²) in [5.41, 5.74) is 1.43. The molecular weight excluding hydrogens is 298 g/mol. The van der Waals surface area contributed by atoms with Gasteiger partial charge < -0.3 is 25.7 Å². The molecule has 0 aliphatic heterocycles. The Morgan fingerprint density at radius 3 is 2.26 bits per heavy atom. The zero-order valence-electron chi connectivity index (χ0n) is 12.4. The van der Waals surface area contributed by atoms with Crippen molar-refractivity contribution in [3.8, 4) is 17.2 Å². The Hall–Kier alpha value is -2.73. The van der Waals surface area contributed by atoms with E-state index in [2.05, 4.69) is 5.32 Å². The van der Waals surface area contributed by atoms with Crippen molar-refractivity contribution in [2.24, 2.45) is 0 Å². The summed E-state index contributed by atoms with van der Waals surface area (Å²) in [5, 5.41) is 40.4. The van der Waals surface area contributed by atoms with E-state index in [0.717, 1.165) is 5.56 Å². The quantitative estimate of drug-likeness (QED) is 0.531. The minimum absolute atomic E-state index is 0.0165. The highest BCUT2D eigenvalue weighted by Gasteiger charge is 2.17. The first kappa shape index (κ1) is 16.6. The van der Waals surface area contributed by atoms with Crippen LogP contribution in [0.15, 0.2) is 42.5 Å². The summed E-state index contributed by atoms with van der Waals surface area (Å²) in [6.45, 7) is 0.368. The molecule has 0 amide bonds. The highest BCUT2D eigenvalue weighted by Crippen LogP contribution is 2.22. The second-order valence-corrected chi connectivity index (χ2v) is 5.28. The second kappa shape index (κ2) is 7.51. The summed E-state index contributed by atoms with van der Waals surface area (Å²) >= 11 is 0. The van der Waals surface area contributed by atoms with Gasteiger partial charge in [-0.3, -0.25) is 4.79 Å². The van der Waals surface area contributed by atoms with Crippen LogP contribution in [0.1, 0.15) is 11.1 Å². The number of phenols is 3. The molecule has 0 saturated heterocycles. The zero-order chi connectivity index (χ0) is 16.8. The van der Waals surface area contributed by atoms with Crippen LogP contribution in [0.4, 0.5) is 0 Å². The number of benzene rings is 2. The molecule has 0 aliphatic rings. The molecule has 0 aliphatic carbocycles. The Labute approximate surface area is 133 Å². The topological polar surface area (TPSA) is 110 Å². The zero-order valence-corrected chi connectivity index (χ0v) is 12.4. The first-order valence-electron chi connectivity index (χ1n) is 7.20. The van der Waals surface area contributed by atoms with E-state index in [1.165, 1.54) is 24.3 Å². The predicted molar refractivity (Wildman–Crippen MR) is 84.7 cm³/mol. The Morgan fingerprint density at radius 2 is 1.65 bits per heavy atom. The smallest absolute Gasteiger partial charge is 0.321 e. The molecule has 0 spiro atoms. The van der Waals surface area contributed by atoms with Gasteiger partial charge in [0, 0.05) is 12.6 Å². The SMILES string of the molecule is O=C(O)[C@H](Cc1ccc(O)cc1)NCCc1ccc(O)cc1O. The number of carbonyl (C=O) groups is 1. The molecule has 0 saturated carbocycles. The van der Waals surface area contributed by atoms with Crippen molar-refractivity contribution in [1.82, 2.24) is 5.32 Å². The van der Waals surface area contributed by atoms with Gasteiger partial charge in [-0.2, -0.15) is 0 Å². The van der Waals surface area contributed by atoms with Crippen molar-refractivity contribution in [3.05, 3.63) is 53.6 Å². The average molecular weight is 317 g/mol. The third kappa shape index (κ3) is 4.89. The summed E-state index contributed by atoms with van der Waals surface area (Å²) in [6, 6.07) is 9.95. The summed E-state index contributed by atoms with van der Waals surface area (Å²) < 4.78 is 0. The van der Waals surface area contributed by atoms with Crippen LogP contribution < -0.4 is 5.32 Å². The largest absolute Gasteiger partial charge is 0.508 e. The highest BCUT2D eigenvalue weighted by molar-refractivity contribution is 5.73. The molecule has 2 aromatic rings. The van der Waals surface area contributed by atoms with E-state index in [9.17, 15) is 25.2 Å². The molecule has 0 bridgehead atoms. The van der Waals surface area contributed by atoms with Gasteiger partial charge in [0.15, 0.2) is 0 Å². The third-order valence-electron chi connectivity index (χ3n) is 3.53. The Bertz CT molecular complexity index is 669. The van der Waals surface area contributed by atoms with Crippen molar-refractivity contribution in [2.45, 2.75) is 18.9 Å². The van der Waals surface area contributed by atoms with Crippen LogP contribution in [-0.2, 0) is 17.6 Å². The molecule has 0 unspecified atom stereocenters. The maximum absolute atomic E-state index is 11.3. The van der Waals surface area contributed by atoms with Crippen LogP contribution in [0.3, 0.4) is 0 Å². The van der Waals surface area contributed by atoms with Crippen molar-refractivity contribution >= 4 is 5.97 Å². The van der Waals surface area contributed by atoms with Gasteiger partial charge in [0.2, 0.25) is 0 Å². The van der Waals surface area contributed by atoms with Gasteiger partial charge in [0.1, 0.15) is 23.3 Å². The van der Waals surface area contributed by atoms with Crippen LogP contribution in [0, 0.1) is 0 Å². The van der Waals surface area contributed by atoms with Crippen molar-refractivity contribution in [3.63, 3.8) is 0 Å². The fraction of sp³-hybridized carbons (Fsp3) is 0.235. The van der Waals surface area contributed by atoms with Gasteiger partial charge in [0.25, 0.3) is 0 Å². The van der Waals surface area contributed by atoms with Gasteiger partial charge in [-0.05, 0) is 42.2 Å². The lowest BCUT2D eigenvalue weighted by molar-refractivity contribution is -0.139. The number of carboxylic acid groups (broad SMARTS) is 1. The van der Waals surface area contributed by atoms with E-state index in [0.29, 0.717) is 18.5 Å². The van der Waals surface area contributed by atoms with Crippen molar-refractivity contribution in [1.29, 1.82) is 0 Å². The molecule has 122 valence electrons. The Kier molecular flexibility index (Phi) is 5.43. The van der Waals surface area contributed by atoms with Crippen LogP contribution >= 0.6 is 0 Å². The van der Waals surface area contributed by atoms with E-state index in [-0.39, 0.29) is 23.7 Å². The van der Waals surface area contributed by atoms with Crippen LogP contribution in [0.2, 0.25) is 0 Å².